The van der Waals surface area contributed by atoms with Crippen LogP contribution in [0.4, 0.5) is 0 Å². The molecule has 102 valence electrons. The molecule has 0 aliphatic heterocycles. The Morgan fingerprint density at radius 3 is 2.74 bits per heavy atom. The van der Waals surface area contributed by atoms with Crippen LogP contribution in [-0.2, 0) is 6.42 Å². The second-order valence-corrected chi connectivity index (χ2v) is 5.56. The lowest BCUT2D eigenvalue weighted by atomic mass is 9.97. The van der Waals surface area contributed by atoms with E-state index in [0.29, 0.717) is 6.04 Å². The van der Waals surface area contributed by atoms with Crippen molar-refractivity contribution in [3.8, 4) is 0 Å². The zero-order valence-corrected chi connectivity index (χ0v) is 11.9. The fraction of sp³-hybridized carbons (Fsp3) is 0.529. The van der Waals surface area contributed by atoms with Gasteiger partial charge >= 0.3 is 0 Å². The quantitative estimate of drug-likeness (QED) is 0.827. The highest BCUT2D eigenvalue weighted by Crippen LogP contribution is 2.45. The molecule has 1 saturated carbocycles. The second-order valence-electron chi connectivity index (χ2n) is 5.56. The van der Waals surface area contributed by atoms with Crippen molar-refractivity contribution in [1.29, 1.82) is 0 Å². The Hall–Kier alpha value is -1.28. The molecule has 19 heavy (non-hydrogen) atoms. The van der Waals surface area contributed by atoms with Gasteiger partial charge < -0.3 is 9.73 Å². The van der Waals surface area contributed by atoms with E-state index < -0.39 is 0 Å². The molecular weight excluding hydrogens is 234 g/mol. The lowest BCUT2D eigenvalue weighted by Crippen LogP contribution is -2.24. The molecule has 1 aliphatic rings. The SMILES string of the molecule is CCCNC(c1c(CC)oc2ccccc12)C1CC1. The molecule has 1 unspecified atom stereocenters. The van der Waals surface area contributed by atoms with Crippen molar-refractivity contribution in [3.63, 3.8) is 0 Å². The van der Waals surface area contributed by atoms with Crippen LogP contribution in [0.25, 0.3) is 11.0 Å². The van der Waals surface area contributed by atoms with Gasteiger partial charge in [0.2, 0.25) is 0 Å². The Kier molecular flexibility index (Phi) is 3.61. The predicted octanol–water partition coefficient (Wildman–Crippen LogP) is 4.45. The van der Waals surface area contributed by atoms with Crippen LogP contribution >= 0.6 is 0 Å². The van der Waals surface area contributed by atoms with Gasteiger partial charge in [0.25, 0.3) is 0 Å². The summed E-state index contributed by atoms with van der Waals surface area (Å²) in [5.41, 5.74) is 2.47. The highest BCUT2D eigenvalue weighted by Gasteiger charge is 2.35. The van der Waals surface area contributed by atoms with E-state index in [0.717, 1.165) is 24.5 Å². The highest BCUT2D eigenvalue weighted by molar-refractivity contribution is 5.83. The van der Waals surface area contributed by atoms with Gasteiger partial charge in [-0.2, -0.15) is 0 Å². The molecule has 0 radical (unpaired) electrons. The Morgan fingerprint density at radius 1 is 1.26 bits per heavy atom. The van der Waals surface area contributed by atoms with Crippen molar-refractivity contribution in [1.82, 2.24) is 5.32 Å². The summed E-state index contributed by atoms with van der Waals surface area (Å²) in [5, 5.41) is 5.05. The normalized spacial score (nSPS) is 16.9. The van der Waals surface area contributed by atoms with Gasteiger partial charge in [0.1, 0.15) is 11.3 Å². The number of nitrogens with one attached hydrogen (secondary N) is 1. The van der Waals surface area contributed by atoms with E-state index in [2.05, 4.69) is 43.4 Å². The highest BCUT2D eigenvalue weighted by atomic mass is 16.3. The van der Waals surface area contributed by atoms with Gasteiger partial charge in [-0.3, -0.25) is 0 Å². The van der Waals surface area contributed by atoms with Crippen molar-refractivity contribution < 1.29 is 4.42 Å². The minimum absolute atomic E-state index is 0.485. The zero-order valence-electron chi connectivity index (χ0n) is 11.9. The molecule has 0 amide bonds. The van der Waals surface area contributed by atoms with E-state index >= 15 is 0 Å². The van der Waals surface area contributed by atoms with E-state index in [-0.39, 0.29) is 0 Å². The average Bonchev–Trinajstić information content (AvgIpc) is 3.21. The maximum atomic E-state index is 6.05. The predicted molar refractivity (Wildman–Crippen MR) is 79.4 cm³/mol. The number of benzene rings is 1. The van der Waals surface area contributed by atoms with Crippen molar-refractivity contribution in [2.24, 2.45) is 5.92 Å². The largest absolute Gasteiger partial charge is 0.461 e. The van der Waals surface area contributed by atoms with Crippen molar-refractivity contribution in [3.05, 3.63) is 35.6 Å². The van der Waals surface area contributed by atoms with E-state index in [4.69, 9.17) is 4.42 Å². The molecule has 2 aromatic rings. The number of rotatable bonds is 6. The molecule has 1 fully saturated rings. The first-order chi connectivity index (χ1) is 9.35. The van der Waals surface area contributed by atoms with Crippen molar-refractivity contribution in [2.75, 3.05) is 6.54 Å². The number of fused-ring (bicyclic) bond motifs is 1. The molecule has 1 aromatic carbocycles. The van der Waals surface area contributed by atoms with Crippen LogP contribution in [0, 0.1) is 5.92 Å². The maximum Gasteiger partial charge on any atom is 0.134 e. The molecule has 1 aliphatic carbocycles. The van der Waals surface area contributed by atoms with E-state index in [1.54, 1.807) is 0 Å². The van der Waals surface area contributed by atoms with Crippen LogP contribution in [-0.4, -0.2) is 6.54 Å². The Bertz CT molecular complexity index is 553. The molecule has 1 N–H and O–H groups in total. The van der Waals surface area contributed by atoms with Crippen molar-refractivity contribution >= 4 is 11.0 Å². The minimum atomic E-state index is 0.485. The summed E-state index contributed by atoms with van der Waals surface area (Å²) in [4.78, 5) is 0. The van der Waals surface area contributed by atoms with Crippen LogP contribution in [0.2, 0.25) is 0 Å². The molecule has 0 spiro atoms. The minimum Gasteiger partial charge on any atom is -0.461 e. The Morgan fingerprint density at radius 2 is 2.05 bits per heavy atom. The van der Waals surface area contributed by atoms with E-state index in [1.807, 2.05) is 0 Å². The lowest BCUT2D eigenvalue weighted by Gasteiger charge is -2.18. The molecule has 0 saturated heterocycles. The van der Waals surface area contributed by atoms with Gasteiger partial charge in [-0.1, -0.05) is 32.0 Å². The standard InChI is InChI=1S/C17H23NO/c1-3-11-18-17(12-9-10-12)16-13-7-5-6-8-15(13)19-14(16)4-2/h5-8,12,17-18H,3-4,9-11H2,1-2H3. The van der Waals surface area contributed by atoms with Gasteiger partial charge in [0.15, 0.2) is 0 Å². The lowest BCUT2D eigenvalue weighted by molar-refractivity contribution is 0.462. The number of furan rings is 1. The third kappa shape index (κ3) is 2.42. The fourth-order valence-electron chi connectivity index (χ4n) is 2.95. The molecule has 1 aromatic heterocycles. The number of para-hydroxylation sites is 1. The third-order valence-corrected chi connectivity index (χ3v) is 4.05. The number of aryl methyl sites for hydroxylation is 1. The molecule has 2 heteroatoms. The monoisotopic (exact) mass is 257 g/mol. The Balaban J connectivity index is 2.04. The molecule has 2 nitrogen and oxygen atoms in total. The summed E-state index contributed by atoms with van der Waals surface area (Å²) in [6.07, 6.45) is 4.86. The van der Waals surface area contributed by atoms with Crippen LogP contribution in [0.15, 0.2) is 28.7 Å². The van der Waals surface area contributed by atoms with Crippen molar-refractivity contribution in [2.45, 2.75) is 45.6 Å². The van der Waals surface area contributed by atoms with Gasteiger partial charge in [0, 0.05) is 23.4 Å². The molecular formula is C17H23NO. The topological polar surface area (TPSA) is 25.2 Å². The van der Waals surface area contributed by atoms with Crippen LogP contribution in [0.3, 0.4) is 0 Å². The van der Waals surface area contributed by atoms with Gasteiger partial charge in [0.05, 0.1) is 0 Å². The van der Waals surface area contributed by atoms with Crippen LogP contribution < -0.4 is 5.32 Å². The fourth-order valence-corrected chi connectivity index (χ4v) is 2.95. The number of hydrogen-bond acceptors (Lipinski definition) is 2. The van der Waals surface area contributed by atoms with Crippen LogP contribution in [0.1, 0.15) is 50.5 Å². The summed E-state index contributed by atoms with van der Waals surface area (Å²) < 4.78 is 6.05. The summed E-state index contributed by atoms with van der Waals surface area (Å²) in [7, 11) is 0. The van der Waals surface area contributed by atoms with E-state index in [9.17, 15) is 0 Å². The summed E-state index contributed by atoms with van der Waals surface area (Å²) in [6, 6.07) is 8.95. The number of hydrogen-bond donors (Lipinski definition) is 1. The summed E-state index contributed by atoms with van der Waals surface area (Å²) in [6.45, 7) is 5.50. The molecule has 1 heterocycles. The first kappa shape index (κ1) is 12.7. The summed E-state index contributed by atoms with van der Waals surface area (Å²) in [5.74, 6) is 1.97. The average molecular weight is 257 g/mol. The van der Waals surface area contributed by atoms with Gasteiger partial charge in [-0.05, 0) is 37.8 Å². The Labute approximate surface area is 115 Å². The van der Waals surface area contributed by atoms with Gasteiger partial charge in [-0.25, -0.2) is 0 Å². The first-order valence-electron chi connectivity index (χ1n) is 7.58. The maximum absolute atomic E-state index is 6.05. The van der Waals surface area contributed by atoms with E-state index in [1.165, 1.54) is 36.0 Å². The molecule has 3 rings (SSSR count). The summed E-state index contributed by atoms with van der Waals surface area (Å²) >= 11 is 0. The zero-order chi connectivity index (χ0) is 13.2. The van der Waals surface area contributed by atoms with Gasteiger partial charge in [-0.15, -0.1) is 0 Å². The second kappa shape index (κ2) is 5.38. The van der Waals surface area contributed by atoms with Crippen LogP contribution in [0.5, 0.6) is 0 Å². The first-order valence-corrected chi connectivity index (χ1v) is 7.58. The molecule has 0 bridgehead atoms. The smallest absolute Gasteiger partial charge is 0.134 e. The molecule has 1 atom stereocenters. The third-order valence-electron chi connectivity index (χ3n) is 4.05.